The highest BCUT2D eigenvalue weighted by atomic mass is 79.9. The molecule has 0 saturated heterocycles. The van der Waals surface area contributed by atoms with Gasteiger partial charge in [-0.25, -0.2) is 4.39 Å². The standard InChI is InChI=1S/C19H18Br2FNO/c1-11-6-14(4-5-17(11)22)18(13-2-3-13)23-19(24)15-7-12(10-20)8-16(21)9-15/h4-9,13,18H,2-3,10H2,1H3,(H,23,24)/t18-/m0/s1. The second-order valence-corrected chi connectivity index (χ2v) is 7.76. The van der Waals surface area contributed by atoms with Crippen LogP contribution in [0.3, 0.4) is 0 Å². The molecule has 0 unspecified atom stereocenters. The molecule has 0 heterocycles. The summed E-state index contributed by atoms with van der Waals surface area (Å²) in [5, 5.41) is 3.83. The summed E-state index contributed by atoms with van der Waals surface area (Å²) in [6.07, 6.45) is 2.18. The summed E-state index contributed by atoms with van der Waals surface area (Å²) in [6.45, 7) is 1.75. The van der Waals surface area contributed by atoms with Crippen LogP contribution in [0.15, 0.2) is 40.9 Å². The molecule has 0 bridgehead atoms. The third kappa shape index (κ3) is 4.06. The Balaban J connectivity index is 1.84. The van der Waals surface area contributed by atoms with E-state index in [2.05, 4.69) is 37.2 Å². The van der Waals surface area contributed by atoms with Crippen LogP contribution >= 0.6 is 31.9 Å². The van der Waals surface area contributed by atoms with Gasteiger partial charge in [-0.2, -0.15) is 0 Å². The monoisotopic (exact) mass is 453 g/mol. The molecular formula is C19H18Br2FNO. The number of halogens is 3. The molecule has 0 spiro atoms. The van der Waals surface area contributed by atoms with Gasteiger partial charge in [-0.3, -0.25) is 4.79 Å². The smallest absolute Gasteiger partial charge is 0.251 e. The molecule has 0 aliphatic heterocycles. The lowest BCUT2D eigenvalue weighted by Crippen LogP contribution is -2.30. The van der Waals surface area contributed by atoms with Gasteiger partial charge in [-0.05, 0) is 66.6 Å². The molecule has 1 atom stereocenters. The van der Waals surface area contributed by atoms with Gasteiger partial charge in [0.15, 0.2) is 0 Å². The Morgan fingerprint density at radius 1 is 1.29 bits per heavy atom. The topological polar surface area (TPSA) is 29.1 Å². The maximum atomic E-state index is 13.5. The van der Waals surface area contributed by atoms with Crippen LogP contribution < -0.4 is 5.32 Å². The van der Waals surface area contributed by atoms with Gasteiger partial charge in [0.05, 0.1) is 6.04 Å². The molecular weight excluding hydrogens is 437 g/mol. The highest BCUT2D eigenvalue weighted by Gasteiger charge is 2.33. The van der Waals surface area contributed by atoms with Crippen molar-refractivity contribution in [1.29, 1.82) is 0 Å². The van der Waals surface area contributed by atoms with Gasteiger partial charge in [0.1, 0.15) is 5.82 Å². The molecule has 1 amide bonds. The fourth-order valence-electron chi connectivity index (χ4n) is 2.85. The van der Waals surface area contributed by atoms with E-state index in [1.165, 1.54) is 6.07 Å². The van der Waals surface area contributed by atoms with E-state index in [1.54, 1.807) is 13.0 Å². The third-order valence-corrected chi connectivity index (χ3v) is 5.40. The van der Waals surface area contributed by atoms with Crippen LogP contribution in [0, 0.1) is 18.7 Å². The molecule has 24 heavy (non-hydrogen) atoms. The number of hydrogen-bond acceptors (Lipinski definition) is 1. The Bertz CT molecular complexity index is 774. The highest BCUT2D eigenvalue weighted by molar-refractivity contribution is 9.10. The van der Waals surface area contributed by atoms with Crippen LogP contribution in [0.2, 0.25) is 0 Å². The molecule has 0 radical (unpaired) electrons. The van der Waals surface area contributed by atoms with Gasteiger partial charge in [-0.15, -0.1) is 0 Å². The first kappa shape index (κ1) is 17.6. The number of hydrogen-bond donors (Lipinski definition) is 1. The van der Waals surface area contributed by atoms with E-state index in [1.807, 2.05) is 24.3 Å². The molecule has 1 N–H and O–H groups in total. The van der Waals surface area contributed by atoms with Crippen LogP contribution in [0.5, 0.6) is 0 Å². The van der Waals surface area contributed by atoms with Crippen molar-refractivity contribution in [2.45, 2.75) is 31.1 Å². The summed E-state index contributed by atoms with van der Waals surface area (Å²) in [5.74, 6) is 0.118. The molecule has 1 aliphatic rings. The van der Waals surface area contributed by atoms with Crippen LogP contribution in [0.4, 0.5) is 4.39 Å². The van der Waals surface area contributed by atoms with Crippen molar-refractivity contribution in [3.63, 3.8) is 0 Å². The number of aryl methyl sites for hydroxylation is 1. The largest absolute Gasteiger partial charge is 0.345 e. The zero-order chi connectivity index (χ0) is 17.3. The Morgan fingerprint density at radius 2 is 2.04 bits per heavy atom. The van der Waals surface area contributed by atoms with Crippen molar-refractivity contribution in [2.24, 2.45) is 5.92 Å². The average molecular weight is 455 g/mol. The number of rotatable bonds is 5. The van der Waals surface area contributed by atoms with Crippen molar-refractivity contribution >= 4 is 37.8 Å². The predicted octanol–water partition coefficient (Wildman–Crippen LogP) is 5.67. The van der Waals surface area contributed by atoms with Gasteiger partial charge in [0.2, 0.25) is 0 Å². The average Bonchev–Trinajstić information content (AvgIpc) is 3.39. The maximum absolute atomic E-state index is 13.5. The van der Waals surface area contributed by atoms with Gasteiger partial charge in [0.25, 0.3) is 5.91 Å². The van der Waals surface area contributed by atoms with Gasteiger partial charge in [-0.1, -0.05) is 44.0 Å². The zero-order valence-electron chi connectivity index (χ0n) is 13.3. The van der Waals surface area contributed by atoms with E-state index in [-0.39, 0.29) is 17.8 Å². The van der Waals surface area contributed by atoms with Crippen molar-refractivity contribution in [3.8, 4) is 0 Å². The lowest BCUT2D eigenvalue weighted by molar-refractivity contribution is 0.0931. The van der Waals surface area contributed by atoms with Crippen molar-refractivity contribution in [3.05, 3.63) is 68.9 Å². The van der Waals surface area contributed by atoms with Crippen LogP contribution in [0.1, 0.15) is 45.9 Å². The summed E-state index contributed by atoms with van der Waals surface area (Å²) in [6, 6.07) is 10.7. The van der Waals surface area contributed by atoms with Gasteiger partial charge >= 0.3 is 0 Å². The highest BCUT2D eigenvalue weighted by Crippen LogP contribution is 2.41. The fourth-order valence-corrected chi connectivity index (χ4v) is 3.71. The minimum absolute atomic E-state index is 0.0665. The first-order valence-corrected chi connectivity index (χ1v) is 9.81. The van der Waals surface area contributed by atoms with Crippen molar-refractivity contribution in [1.82, 2.24) is 5.32 Å². The van der Waals surface area contributed by atoms with E-state index in [0.717, 1.165) is 28.4 Å². The Labute approximate surface area is 158 Å². The molecule has 0 aromatic heterocycles. The second kappa shape index (κ2) is 7.36. The number of carbonyl (C=O) groups is 1. The van der Waals surface area contributed by atoms with Gasteiger partial charge in [0, 0.05) is 15.4 Å². The summed E-state index contributed by atoms with van der Waals surface area (Å²) in [4.78, 5) is 12.7. The molecule has 2 aromatic rings. The SMILES string of the molecule is Cc1cc([C@@H](NC(=O)c2cc(Br)cc(CBr)c2)C2CC2)ccc1F. The molecule has 1 fully saturated rings. The number of alkyl halides is 1. The fraction of sp³-hybridized carbons (Fsp3) is 0.316. The molecule has 1 aliphatic carbocycles. The molecule has 2 aromatic carbocycles. The van der Waals surface area contributed by atoms with Crippen LogP contribution in [0.25, 0.3) is 0 Å². The van der Waals surface area contributed by atoms with E-state index < -0.39 is 0 Å². The molecule has 2 nitrogen and oxygen atoms in total. The summed E-state index contributed by atoms with van der Waals surface area (Å²) in [7, 11) is 0. The van der Waals surface area contributed by atoms with Crippen molar-refractivity contribution in [2.75, 3.05) is 0 Å². The predicted molar refractivity (Wildman–Crippen MR) is 101 cm³/mol. The minimum Gasteiger partial charge on any atom is -0.345 e. The zero-order valence-corrected chi connectivity index (χ0v) is 16.5. The Kier molecular flexibility index (Phi) is 5.40. The molecule has 1 saturated carbocycles. The van der Waals surface area contributed by atoms with Crippen molar-refractivity contribution < 1.29 is 9.18 Å². The van der Waals surface area contributed by atoms with E-state index in [4.69, 9.17) is 0 Å². The molecule has 3 rings (SSSR count). The lowest BCUT2D eigenvalue weighted by Gasteiger charge is -2.20. The van der Waals surface area contributed by atoms with E-state index in [0.29, 0.717) is 22.4 Å². The second-order valence-electron chi connectivity index (χ2n) is 6.28. The molecule has 5 heteroatoms. The molecule has 126 valence electrons. The van der Waals surface area contributed by atoms with Gasteiger partial charge < -0.3 is 5.32 Å². The van der Waals surface area contributed by atoms with E-state index in [9.17, 15) is 9.18 Å². The minimum atomic E-state index is -0.214. The summed E-state index contributed by atoms with van der Waals surface area (Å²) in [5.41, 5.74) is 3.25. The van der Waals surface area contributed by atoms with Crippen LogP contribution in [-0.2, 0) is 5.33 Å². The third-order valence-electron chi connectivity index (χ3n) is 4.30. The lowest BCUT2D eigenvalue weighted by atomic mass is 9.99. The number of carbonyl (C=O) groups excluding carboxylic acids is 1. The van der Waals surface area contributed by atoms with Crippen LogP contribution in [-0.4, -0.2) is 5.91 Å². The summed E-state index contributed by atoms with van der Waals surface area (Å²) >= 11 is 6.87. The Morgan fingerprint density at radius 3 is 2.67 bits per heavy atom. The normalized spacial score (nSPS) is 15.2. The van der Waals surface area contributed by atoms with E-state index >= 15 is 0 Å². The number of benzene rings is 2. The first-order valence-electron chi connectivity index (χ1n) is 7.90. The maximum Gasteiger partial charge on any atom is 0.251 e. The summed E-state index contributed by atoms with van der Waals surface area (Å²) < 4.78 is 14.4. The Hall–Kier alpha value is -1.20. The number of nitrogens with one attached hydrogen (secondary N) is 1. The quantitative estimate of drug-likeness (QED) is 0.579. The first-order chi connectivity index (χ1) is 11.5. The number of amides is 1.